The Morgan fingerprint density at radius 3 is 2.06 bits per heavy atom. The Morgan fingerprint density at radius 1 is 0.630 bits per heavy atom. The molecular weight excluding hydrogens is 655 g/mol. The van der Waals surface area contributed by atoms with Gasteiger partial charge in [-0.1, -0.05) is 141 Å². The topological polar surface area (TPSA) is 21.3 Å². The first kappa shape index (κ1) is 31.3. The van der Waals surface area contributed by atoms with Crippen molar-refractivity contribution in [3.8, 4) is 16.8 Å². The Kier molecular flexibility index (Phi) is 7.20. The summed E-state index contributed by atoms with van der Waals surface area (Å²) in [5.74, 6) is 0.0309. The Balaban J connectivity index is 1.28. The third-order valence-corrected chi connectivity index (χ3v) is 11.9. The number of para-hydroxylation sites is 3. The molecule has 0 unspecified atom stereocenters. The first-order valence-electron chi connectivity index (χ1n) is 19.5. The van der Waals surface area contributed by atoms with Gasteiger partial charge < -0.3 is 13.8 Å². The number of furan rings is 1. The van der Waals surface area contributed by atoms with Crippen LogP contribution in [0.25, 0.3) is 49.6 Å². The van der Waals surface area contributed by atoms with Crippen LogP contribution < -0.4 is 15.9 Å². The van der Waals surface area contributed by atoms with E-state index in [2.05, 4.69) is 180 Å². The van der Waals surface area contributed by atoms with Crippen LogP contribution in [-0.4, -0.2) is 11.4 Å². The van der Waals surface area contributed by atoms with Crippen LogP contribution in [0.5, 0.6) is 0 Å². The molecule has 9 aromatic rings. The maximum Gasteiger partial charge on any atom is 0.375 e. The minimum atomic E-state index is -0.163. The molecule has 4 heterocycles. The zero-order valence-corrected chi connectivity index (χ0v) is 30.4. The van der Waals surface area contributed by atoms with Crippen molar-refractivity contribution in [1.82, 2.24) is 4.57 Å². The fraction of sp³-hybridized carbons (Fsp3) is 0.120. The third kappa shape index (κ3) is 4.56. The number of hydrogen-bond acceptors (Lipinski definition) is 2. The number of benzene rings is 7. The third-order valence-electron chi connectivity index (χ3n) is 11.9. The number of aryl methyl sites for hydroxylation is 1. The molecule has 3 nitrogen and oxygen atoms in total. The first-order chi connectivity index (χ1) is 26.8. The van der Waals surface area contributed by atoms with Crippen LogP contribution in [0.15, 0.2) is 168 Å². The fourth-order valence-electron chi connectivity index (χ4n) is 9.61. The predicted octanol–water partition coefficient (Wildman–Crippen LogP) is 11.7. The second kappa shape index (κ2) is 12.4. The highest BCUT2D eigenvalue weighted by molar-refractivity contribution is 6.93. The quantitative estimate of drug-likeness (QED) is 0.0897. The van der Waals surface area contributed by atoms with Crippen molar-refractivity contribution >= 4 is 62.1 Å². The Labute approximate surface area is 316 Å². The lowest BCUT2D eigenvalue weighted by Crippen LogP contribution is -2.60. The van der Waals surface area contributed by atoms with E-state index in [0.29, 0.717) is 0 Å². The van der Waals surface area contributed by atoms with Crippen LogP contribution >= 0.6 is 0 Å². The molecule has 0 radical (unpaired) electrons. The van der Waals surface area contributed by atoms with Gasteiger partial charge in [0.2, 0.25) is 0 Å². The van der Waals surface area contributed by atoms with Crippen molar-refractivity contribution in [3.05, 3.63) is 186 Å². The first-order valence-corrected chi connectivity index (χ1v) is 19.5. The maximum absolute atomic E-state index is 7.10. The number of unbranched alkanes of at least 4 members (excludes halogenated alkanes) is 2. The summed E-state index contributed by atoms with van der Waals surface area (Å²) in [6.07, 6.45) is 4.82. The Bertz CT molecular complexity index is 2810. The molecule has 0 amide bonds. The minimum absolute atomic E-state index is 0.0309. The van der Waals surface area contributed by atoms with E-state index in [9.17, 15) is 0 Å². The Hall–Kier alpha value is -6.26. The number of hydrogen-bond donors (Lipinski definition) is 0. The molecule has 0 saturated carbocycles. The second-order valence-corrected chi connectivity index (χ2v) is 15.0. The molecular formula is C50H39BN2O. The summed E-state index contributed by atoms with van der Waals surface area (Å²) in [4.78, 5) is 2.56. The molecule has 4 heteroatoms. The van der Waals surface area contributed by atoms with Gasteiger partial charge in [-0.05, 0) is 88.6 Å². The normalized spacial score (nSPS) is 12.9. The monoisotopic (exact) mass is 694 g/mol. The average molecular weight is 695 g/mol. The SMILES string of the molecule is CCCCCc1ccc(N2B3c4oc5ccccc5c4-n4c5ccccc5c5c(C(c6ccccc6)c6ccccc6)cc(c3c54)-c3ccccc32)cc1. The number of fused-ring (bicyclic) bond motifs is 10. The van der Waals surface area contributed by atoms with Gasteiger partial charge in [-0.3, -0.25) is 0 Å². The maximum atomic E-state index is 7.10. The van der Waals surface area contributed by atoms with Crippen LogP contribution in [0.3, 0.4) is 0 Å². The standard InChI is InChI=1S/C50H39BN2O/c1-2-3-6-17-33-28-30-36(31-29-33)53-43-26-15-11-22-37(43)40-32-41(45(34-18-7-4-8-19-34)35-20-9-5-10-21-35)46-38-23-12-14-25-42(38)52-48-39-24-13-16-27-44(39)54-50(48)51(53)47(40)49(46)52/h4-5,7-16,18-32,45H,2-3,6,17H2,1H3. The van der Waals surface area contributed by atoms with Gasteiger partial charge in [-0.2, -0.15) is 0 Å². The van der Waals surface area contributed by atoms with E-state index in [1.807, 2.05) is 0 Å². The summed E-state index contributed by atoms with van der Waals surface area (Å²) in [7, 11) is 0. The molecule has 0 bridgehead atoms. The van der Waals surface area contributed by atoms with Gasteiger partial charge in [-0.25, -0.2) is 0 Å². The molecule has 0 N–H and O–H groups in total. The molecule has 0 spiro atoms. The van der Waals surface area contributed by atoms with Crippen molar-refractivity contribution in [1.29, 1.82) is 0 Å². The summed E-state index contributed by atoms with van der Waals surface area (Å²) in [6, 6.07) is 60.6. The molecule has 2 aromatic heterocycles. The van der Waals surface area contributed by atoms with E-state index in [-0.39, 0.29) is 12.8 Å². The summed E-state index contributed by atoms with van der Waals surface area (Å²) in [5.41, 5.74) is 17.0. The molecule has 54 heavy (non-hydrogen) atoms. The minimum Gasteiger partial charge on any atom is -0.466 e. The fourth-order valence-corrected chi connectivity index (χ4v) is 9.61. The predicted molar refractivity (Wildman–Crippen MR) is 227 cm³/mol. The van der Waals surface area contributed by atoms with Gasteiger partial charge in [0, 0.05) is 39.0 Å². The zero-order chi connectivity index (χ0) is 35.8. The van der Waals surface area contributed by atoms with Gasteiger partial charge >= 0.3 is 6.85 Å². The van der Waals surface area contributed by atoms with E-state index < -0.39 is 0 Å². The highest BCUT2D eigenvalue weighted by atomic mass is 16.3. The lowest BCUT2D eigenvalue weighted by atomic mass is 9.46. The van der Waals surface area contributed by atoms with E-state index in [1.165, 1.54) is 91.3 Å². The lowest BCUT2D eigenvalue weighted by Gasteiger charge is -2.40. The second-order valence-electron chi connectivity index (χ2n) is 15.0. The molecule has 0 fully saturated rings. The Morgan fingerprint density at radius 2 is 1.30 bits per heavy atom. The molecule has 0 atom stereocenters. The van der Waals surface area contributed by atoms with Crippen molar-refractivity contribution in [2.24, 2.45) is 0 Å². The van der Waals surface area contributed by atoms with Crippen LogP contribution in [0.4, 0.5) is 11.4 Å². The number of aromatic nitrogens is 1. The molecule has 2 aliphatic heterocycles. The number of nitrogens with zero attached hydrogens (tertiary/aromatic N) is 2. The summed E-state index contributed by atoms with van der Waals surface area (Å²) < 4.78 is 9.64. The molecule has 0 saturated heterocycles. The summed E-state index contributed by atoms with van der Waals surface area (Å²) in [5, 5.41) is 3.72. The van der Waals surface area contributed by atoms with Crippen LogP contribution in [0, 0.1) is 0 Å². The van der Waals surface area contributed by atoms with Crippen molar-refractivity contribution < 1.29 is 4.42 Å². The van der Waals surface area contributed by atoms with E-state index >= 15 is 0 Å². The van der Waals surface area contributed by atoms with E-state index in [4.69, 9.17) is 4.42 Å². The van der Waals surface area contributed by atoms with Crippen molar-refractivity contribution in [3.63, 3.8) is 0 Å². The highest BCUT2D eigenvalue weighted by Crippen LogP contribution is 2.49. The zero-order valence-electron chi connectivity index (χ0n) is 30.4. The molecule has 2 aliphatic rings. The van der Waals surface area contributed by atoms with E-state index in [0.717, 1.165) is 28.7 Å². The van der Waals surface area contributed by atoms with Gasteiger partial charge in [-0.15, -0.1) is 0 Å². The lowest BCUT2D eigenvalue weighted by molar-refractivity contribution is 0.648. The van der Waals surface area contributed by atoms with Gasteiger partial charge in [0.1, 0.15) is 11.2 Å². The summed E-state index contributed by atoms with van der Waals surface area (Å²) in [6.45, 7) is 2.11. The molecule has 258 valence electrons. The summed E-state index contributed by atoms with van der Waals surface area (Å²) >= 11 is 0. The van der Waals surface area contributed by atoms with Crippen LogP contribution in [-0.2, 0) is 6.42 Å². The van der Waals surface area contributed by atoms with Gasteiger partial charge in [0.05, 0.1) is 16.7 Å². The van der Waals surface area contributed by atoms with Crippen molar-refractivity contribution in [2.45, 2.75) is 38.5 Å². The van der Waals surface area contributed by atoms with Crippen molar-refractivity contribution in [2.75, 3.05) is 4.81 Å². The molecule has 11 rings (SSSR count). The smallest absolute Gasteiger partial charge is 0.375 e. The number of rotatable bonds is 8. The molecule has 7 aromatic carbocycles. The largest absolute Gasteiger partial charge is 0.466 e. The van der Waals surface area contributed by atoms with E-state index in [1.54, 1.807) is 0 Å². The number of anilines is 2. The van der Waals surface area contributed by atoms with Crippen LogP contribution in [0.1, 0.15) is 54.4 Å². The molecule has 0 aliphatic carbocycles. The highest BCUT2D eigenvalue weighted by Gasteiger charge is 2.47. The van der Waals surface area contributed by atoms with Crippen LogP contribution in [0.2, 0.25) is 0 Å². The van der Waals surface area contributed by atoms with Gasteiger partial charge in [0.25, 0.3) is 0 Å². The average Bonchev–Trinajstić information content (AvgIpc) is 3.79. The van der Waals surface area contributed by atoms with Gasteiger partial charge in [0.15, 0.2) is 0 Å².